The van der Waals surface area contributed by atoms with Crippen molar-refractivity contribution in [1.29, 1.82) is 0 Å². The zero-order valence-corrected chi connectivity index (χ0v) is 10.9. The van der Waals surface area contributed by atoms with Gasteiger partial charge in [0, 0.05) is 31.5 Å². The first kappa shape index (κ1) is 12.7. The van der Waals surface area contributed by atoms with E-state index in [1.165, 1.54) is 12.8 Å². The van der Waals surface area contributed by atoms with Crippen LogP contribution in [0.4, 0.5) is 16.2 Å². The highest BCUT2D eigenvalue weighted by molar-refractivity contribution is 5.91. The zero-order valence-electron chi connectivity index (χ0n) is 10.9. The number of nitrogens with two attached hydrogens (primary N) is 1. The summed E-state index contributed by atoms with van der Waals surface area (Å²) < 4.78 is 0. The van der Waals surface area contributed by atoms with Gasteiger partial charge in [0.15, 0.2) is 0 Å². The normalized spacial score (nSPS) is 16.2. The zero-order chi connectivity index (χ0) is 13.0. The third kappa shape index (κ3) is 2.94. The number of nitrogen functional groups attached to an aromatic ring is 1. The number of carbonyl (C=O) groups excluding carboxylic acids is 1. The molecule has 0 saturated carbocycles. The molecule has 0 aromatic heterocycles. The Morgan fingerprint density at radius 3 is 2.22 bits per heavy atom. The van der Waals surface area contributed by atoms with Crippen LogP contribution in [0.15, 0.2) is 24.3 Å². The summed E-state index contributed by atoms with van der Waals surface area (Å²) in [5, 5.41) is 0. The monoisotopic (exact) mass is 247 g/mol. The van der Waals surface area contributed by atoms with Crippen molar-refractivity contribution < 1.29 is 4.79 Å². The predicted octanol–water partition coefficient (Wildman–Crippen LogP) is 2.70. The molecule has 1 aromatic carbocycles. The second kappa shape index (κ2) is 5.76. The number of hydrogen-bond acceptors (Lipinski definition) is 2. The summed E-state index contributed by atoms with van der Waals surface area (Å²) in [5.74, 6) is 0. The molecule has 2 N–H and O–H groups in total. The Balaban J connectivity index is 2.05. The number of nitrogens with zero attached hydrogens (tertiary/aromatic N) is 2. The van der Waals surface area contributed by atoms with Crippen molar-refractivity contribution in [3.8, 4) is 0 Å². The lowest BCUT2D eigenvalue weighted by atomic mass is 10.2. The van der Waals surface area contributed by atoms with Crippen LogP contribution in [0.25, 0.3) is 0 Å². The number of rotatable bonds is 1. The molecular formula is C14H21N3O. The third-order valence-corrected chi connectivity index (χ3v) is 3.44. The molecule has 1 heterocycles. The fraction of sp³-hybridized carbons (Fsp3) is 0.500. The highest BCUT2D eigenvalue weighted by Gasteiger charge is 2.19. The summed E-state index contributed by atoms with van der Waals surface area (Å²) in [6.07, 6.45) is 4.69. The van der Waals surface area contributed by atoms with E-state index in [0.717, 1.165) is 37.3 Å². The molecule has 1 aliphatic rings. The Hall–Kier alpha value is -1.71. The topological polar surface area (TPSA) is 49.6 Å². The summed E-state index contributed by atoms with van der Waals surface area (Å²) in [7, 11) is 1.82. The second-order valence-electron chi connectivity index (χ2n) is 4.83. The van der Waals surface area contributed by atoms with Crippen molar-refractivity contribution in [1.82, 2.24) is 4.90 Å². The van der Waals surface area contributed by atoms with Gasteiger partial charge in [-0.25, -0.2) is 4.79 Å². The number of benzene rings is 1. The molecule has 0 radical (unpaired) electrons. The minimum absolute atomic E-state index is 0.0849. The van der Waals surface area contributed by atoms with Gasteiger partial charge in [-0.05, 0) is 37.1 Å². The molecule has 0 aliphatic carbocycles. The van der Waals surface area contributed by atoms with Gasteiger partial charge in [-0.1, -0.05) is 12.8 Å². The summed E-state index contributed by atoms with van der Waals surface area (Å²) in [6.45, 7) is 1.75. The lowest BCUT2D eigenvalue weighted by Crippen LogP contribution is -2.41. The van der Waals surface area contributed by atoms with Crippen LogP contribution in [-0.4, -0.2) is 31.1 Å². The summed E-state index contributed by atoms with van der Waals surface area (Å²) >= 11 is 0. The van der Waals surface area contributed by atoms with Gasteiger partial charge in [-0.3, -0.25) is 4.90 Å². The molecule has 1 aliphatic heterocycles. The minimum atomic E-state index is 0.0849. The van der Waals surface area contributed by atoms with E-state index in [4.69, 9.17) is 5.73 Å². The van der Waals surface area contributed by atoms with Crippen LogP contribution in [0.3, 0.4) is 0 Å². The van der Waals surface area contributed by atoms with Crippen LogP contribution in [0.5, 0.6) is 0 Å². The molecule has 1 fully saturated rings. The Morgan fingerprint density at radius 1 is 1.11 bits per heavy atom. The Morgan fingerprint density at radius 2 is 1.67 bits per heavy atom. The number of anilines is 2. The predicted molar refractivity (Wildman–Crippen MR) is 74.7 cm³/mol. The maximum Gasteiger partial charge on any atom is 0.324 e. The van der Waals surface area contributed by atoms with Gasteiger partial charge in [0.25, 0.3) is 0 Å². The van der Waals surface area contributed by atoms with Gasteiger partial charge in [0.05, 0.1) is 0 Å². The largest absolute Gasteiger partial charge is 0.399 e. The third-order valence-electron chi connectivity index (χ3n) is 3.44. The molecule has 1 saturated heterocycles. The second-order valence-corrected chi connectivity index (χ2v) is 4.83. The highest BCUT2D eigenvalue weighted by atomic mass is 16.2. The number of hydrogen-bond donors (Lipinski definition) is 1. The maximum absolute atomic E-state index is 12.4. The molecule has 0 spiro atoms. The van der Waals surface area contributed by atoms with Crippen LogP contribution in [0, 0.1) is 0 Å². The van der Waals surface area contributed by atoms with Crippen molar-refractivity contribution in [3.63, 3.8) is 0 Å². The average Bonchev–Trinajstić information content (AvgIpc) is 2.67. The van der Waals surface area contributed by atoms with Gasteiger partial charge >= 0.3 is 6.03 Å². The molecule has 4 heteroatoms. The molecule has 2 amide bonds. The average molecular weight is 247 g/mol. The summed E-state index contributed by atoms with van der Waals surface area (Å²) in [5.41, 5.74) is 7.26. The van der Waals surface area contributed by atoms with Gasteiger partial charge < -0.3 is 10.6 Å². The van der Waals surface area contributed by atoms with Crippen LogP contribution < -0.4 is 10.6 Å². The van der Waals surface area contributed by atoms with E-state index in [1.807, 2.05) is 36.2 Å². The minimum Gasteiger partial charge on any atom is -0.399 e. The van der Waals surface area contributed by atoms with Crippen LogP contribution >= 0.6 is 0 Å². The van der Waals surface area contributed by atoms with Crippen molar-refractivity contribution in [2.75, 3.05) is 30.8 Å². The first-order valence-electron chi connectivity index (χ1n) is 6.56. The molecule has 2 rings (SSSR count). The van der Waals surface area contributed by atoms with Crippen molar-refractivity contribution in [2.45, 2.75) is 25.7 Å². The molecule has 1 aromatic rings. The van der Waals surface area contributed by atoms with E-state index in [1.54, 1.807) is 4.90 Å². The quantitative estimate of drug-likeness (QED) is 0.776. The lowest BCUT2D eigenvalue weighted by Gasteiger charge is -2.27. The van der Waals surface area contributed by atoms with Crippen molar-refractivity contribution >= 4 is 17.4 Å². The summed E-state index contributed by atoms with van der Waals surface area (Å²) in [4.78, 5) is 16.0. The fourth-order valence-electron chi connectivity index (χ4n) is 2.28. The van der Waals surface area contributed by atoms with Crippen LogP contribution in [0.1, 0.15) is 25.7 Å². The van der Waals surface area contributed by atoms with Crippen LogP contribution in [-0.2, 0) is 0 Å². The standard InChI is InChI=1S/C14H21N3O/c1-16(13-8-6-12(15)7-9-13)14(18)17-10-4-2-3-5-11-17/h6-9H,2-5,10-11,15H2,1H3. The Bertz CT molecular complexity index is 394. The first-order chi connectivity index (χ1) is 8.68. The van der Waals surface area contributed by atoms with E-state index in [2.05, 4.69) is 0 Å². The smallest absolute Gasteiger partial charge is 0.324 e. The Kier molecular flexibility index (Phi) is 4.07. The van der Waals surface area contributed by atoms with Gasteiger partial charge in [0.2, 0.25) is 0 Å². The molecule has 0 bridgehead atoms. The molecular weight excluding hydrogens is 226 g/mol. The van der Waals surface area contributed by atoms with E-state index in [-0.39, 0.29) is 6.03 Å². The lowest BCUT2D eigenvalue weighted by molar-refractivity contribution is 0.208. The molecule has 4 nitrogen and oxygen atoms in total. The fourth-order valence-corrected chi connectivity index (χ4v) is 2.28. The maximum atomic E-state index is 12.4. The van der Waals surface area contributed by atoms with Crippen molar-refractivity contribution in [3.05, 3.63) is 24.3 Å². The molecule has 18 heavy (non-hydrogen) atoms. The molecule has 0 unspecified atom stereocenters. The number of amides is 2. The van der Waals surface area contributed by atoms with E-state index < -0.39 is 0 Å². The van der Waals surface area contributed by atoms with Gasteiger partial charge in [0.1, 0.15) is 0 Å². The molecule has 98 valence electrons. The summed E-state index contributed by atoms with van der Waals surface area (Å²) in [6, 6.07) is 7.49. The van der Waals surface area contributed by atoms with E-state index in [9.17, 15) is 4.79 Å². The number of carbonyl (C=O) groups is 1. The van der Waals surface area contributed by atoms with E-state index >= 15 is 0 Å². The Labute approximate surface area is 108 Å². The first-order valence-corrected chi connectivity index (χ1v) is 6.56. The van der Waals surface area contributed by atoms with Crippen LogP contribution in [0.2, 0.25) is 0 Å². The SMILES string of the molecule is CN(C(=O)N1CCCCCC1)c1ccc(N)cc1. The highest BCUT2D eigenvalue weighted by Crippen LogP contribution is 2.18. The van der Waals surface area contributed by atoms with Crippen molar-refractivity contribution in [2.24, 2.45) is 0 Å². The van der Waals surface area contributed by atoms with E-state index in [0.29, 0.717) is 0 Å². The van der Waals surface area contributed by atoms with Gasteiger partial charge in [-0.15, -0.1) is 0 Å². The van der Waals surface area contributed by atoms with Gasteiger partial charge in [-0.2, -0.15) is 0 Å². The molecule has 0 atom stereocenters. The number of likely N-dealkylation sites (tertiary alicyclic amines) is 1. The number of urea groups is 1.